The molecule has 1 aromatic carbocycles. The van der Waals surface area contributed by atoms with Crippen LogP contribution in [0.5, 0.6) is 0 Å². The fraction of sp³-hybridized carbons (Fsp3) is 0.385. The first-order valence-electron chi connectivity index (χ1n) is 5.80. The highest BCUT2D eigenvalue weighted by Crippen LogP contribution is 2.18. The second-order valence-electron chi connectivity index (χ2n) is 4.26. The summed E-state index contributed by atoms with van der Waals surface area (Å²) < 4.78 is 4.63. The number of piperazine rings is 1. The molecule has 1 aliphatic rings. The van der Waals surface area contributed by atoms with Crippen molar-refractivity contribution in [3.63, 3.8) is 0 Å². The Balaban J connectivity index is 2.19. The molecule has 1 heterocycles. The fourth-order valence-electron chi connectivity index (χ4n) is 1.98. The number of benzene rings is 1. The third kappa shape index (κ3) is 2.36. The molecule has 0 aliphatic carbocycles. The molecule has 1 fully saturated rings. The Hall–Kier alpha value is -1.88. The first-order chi connectivity index (χ1) is 8.63. The van der Waals surface area contributed by atoms with Crippen LogP contribution in [0.3, 0.4) is 0 Å². The number of ether oxygens (including phenoxy) is 1. The maximum Gasteiger partial charge on any atom is 0.337 e. The average Bonchev–Trinajstić information content (AvgIpc) is 2.41. The summed E-state index contributed by atoms with van der Waals surface area (Å²) in [6.07, 6.45) is 0. The van der Waals surface area contributed by atoms with Crippen molar-refractivity contribution >= 4 is 11.9 Å². The van der Waals surface area contributed by atoms with Crippen molar-refractivity contribution in [1.82, 2.24) is 10.2 Å². The van der Waals surface area contributed by atoms with Crippen LogP contribution in [0.2, 0.25) is 0 Å². The van der Waals surface area contributed by atoms with E-state index in [9.17, 15) is 9.59 Å². The van der Waals surface area contributed by atoms with Gasteiger partial charge in [0.1, 0.15) is 6.04 Å². The summed E-state index contributed by atoms with van der Waals surface area (Å²) in [5, 5.41) is 3.17. The van der Waals surface area contributed by atoms with Crippen LogP contribution < -0.4 is 5.32 Å². The van der Waals surface area contributed by atoms with Crippen molar-refractivity contribution < 1.29 is 14.3 Å². The molecule has 1 atom stereocenters. The molecule has 2 rings (SSSR count). The lowest BCUT2D eigenvalue weighted by Gasteiger charge is -2.30. The van der Waals surface area contributed by atoms with Crippen molar-refractivity contribution in [2.75, 3.05) is 27.2 Å². The Morgan fingerprint density at radius 2 is 2.06 bits per heavy atom. The number of esters is 1. The van der Waals surface area contributed by atoms with E-state index in [1.54, 1.807) is 36.2 Å². The number of carbonyl (C=O) groups excluding carboxylic acids is 2. The second kappa shape index (κ2) is 5.18. The summed E-state index contributed by atoms with van der Waals surface area (Å²) in [5.74, 6) is -0.325. The number of carbonyl (C=O) groups is 2. The molecule has 1 aliphatic heterocycles. The van der Waals surface area contributed by atoms with E-state index in [4.69, 9.17) is 0 Å². The molecule has 1 unspecified atom stereocenters. The number of likely N-dealkylation sites (N-methyl/N-ethyl adjacent to an activating group) is 1. The molecule has 0 aromatic heterocycles. The highest BCUT2D eigenvalue weighted by molar-refractivity contribution is 5.89. The van der Waals surface area contributed by atoms with Gasteiger partial charge in [0.2, 0.25) is 5.91 Å². The zero-order chi connectivity index (χ0) is 13.1. The maximum atomic E-state index is 12.0. The maximum absolute atomic E-state index is 12.0. The van der Waals surface area contributed by atoms with Crippen molar-refractivity contribution in [2.24, 2.45) is 0 Å². The predicted octanol–water partition coefficient (Wildman–Crippen LogP) is 0.576. The first-order valence-corrected chi connectivity index (χ1v) is 5.80. The molecule has 96 valence electrons. The summed E-state index contributed by atoms with van der Waals surface area (Å²) in [7, 11) is 3.14. The summed E-state index contributed by atoms with van der Waals surface area (Å²) in [5.41, 5.74) is 1.34. The quantitative estimate of drug-likeness (QED) is 0.778. The van der Waals surface area contributed by atoms with Gasteiger partial charge in [0.05, 0.1) is 12.7 Å². The van der Waals surface area contributed by atoms with Gasteiger partial charge in [-0.25, -0.2) is 4.79 Å². The lowest BCUT2D eigenvalue weighted by Crippen LogP contribution is -2.48. The third-order valence-corrected chi connectivity index (χ3v) is 3.08. The van der Waals surface area contributed by atoms with Gasteiger partial charge in [-0.15, -0.1) is 0 Å². The molecule has 5 nitrogen and oxygen atoms in total. The van der Waals surface area contributed by atoms with Crippen molar-refractivity contribution in [1.29, 1.82) is 0 Å². The Labute approximate surface area is 106 Å². The molecule has 0 radical (unpaired) electrons. The molecule has 18 heavy (non-hydrogen) atoms. The second-order valence-corrected chi connectivity index (χ2v) is 4.26. The Bertz CT molecular complexity index is 456. The van der Waals surface area contributed by atoms with E-state index < -0.39 is 0 Å². The highest BCUT2D eigenvalue weighted by Gasteiger charge is 2.27. The van der Waals surface area contributed by atoms with Gasteiger partial charge >= 0.3 is 5.97 Å². The number of nitrogens with zero attached hydrogens (tertiary/aromatic N) is 1. The van der Waals surface area contributed by atoms with E-state index in [1.165, 1.54) is 7.11 Å². The lowest BCUT2D eigenvalue weighted by molar-refractivity contribution is -0.134. The van der Waals surface area contributed by atoms with E-state index in [0.717, 1.165) is 18.7 Å². The lowest BCUT2D eigenvalue weighted by atomic mass is 10.0. The number of nitrogens with one attached hydrogen (secondary N) is 1. The molecule has 0 saturated carbocycles. The average molecular weight is 248 g/mol. The van der Waals surface area contributed by atoms with Crippen molar-refractivity contribution in [2.45, 2.75) is 6.04 Å². The zero-order valence-corrected chi connectivity index (χ0v) is 10.5. The first kappa shape index (κ1) is 12.6. The molecular formula is C13H16N2O3. The minimum Gasteiger partial charge on any atom is -0.465 e. The van der Waals surface area contributed by atoms with Gasteiger partial charge in [0.15, 0.2) is 0 Å². The number of amides is 1. The van der Waals surface area contributed by atoms with Gasteiger partial charge in [-0.2, -0.15) is 0 Å². The molecular weight excluding hydrogens is 232 g/mol. The van der Waals surface area contributed by atoms with E-state index >= 15 is 0 Å². The minimum absolute atomic E-state index is 0.0482. The van der Waals surface area contributed by atoms with Crippen LogP contribution in [-0.2, 0) is 9.53 Å². The van der Waals surface area contributed by atoms with Crippen molar-refractivity contribution in [3.05, 3.63) is 35.4 Å². The van der Waals surface area contributed by atoms with E-state index in [0.29, 0.717) is 5.56 Å². The van der Waals surface area contributed by atoms with E-state index in [2.05, 4.69) is 10.1 Å². The Morgan fingerprint density at radius 3 is 2.67 bits per heavy atom. The van der Waals surface area contributed by atoms with Crippen LogP contribution in [0.15, 0.2) is 24.3 Å². The largest absolute Gasteiger partial charge is 0.465 e. The molecule has 1 aromatic rings. The van der Waals surface area contributed by atoms with Crippen LogP contribution in [-0.4, -0.2) is 44.0 Å². The molecule has 1 saturated heterocycles. The molecule has 0 bridgehead atoms. The molecule has 5 heteroatoms. The van der Waals surface area contributed by atoms with Crippen molar-refractivity contribution in [3.8, 4) is 0 Å². The van der Waals surface area contributed by atoms with Crippen LogP contribution in [0, 0.1) is 0 Å². The van der Waals surface area contributed by atoms with Gasteiger partial charge in [-0.1, -0.05) is 12.1 Å². The minimum atomic E-state index is -0.374. The molecule has 1 N–H and O–H groups in total. The van der Waals surface area contributed by atoms with Gasteiger partial charge in [0.25, 0.3) is 0 Å². The molecule has 1 amide bonds. The topological polar surface area (TPSA) is 58.6 Å². The monoisotopic (exact) mass is 248 g/mol. The predicted molar refractivity (Wildman–Crippen MR) is 66.2 cm³/mol. The van der Waals surface area contributed by atoms with Crippen LogP contribution >= 0.6 is 0 Å². The zero-order valence-electron chi connectivity index (χ0n) is 10.5. The summed E-state index contributed by atoms with van der Waals surface area (Å²) in [4.78, 5) is 25.0. The number of hydrogen-bond acceptors (Lipinski definition) is 4. The van der Waals surface area contributed by atoms with Gasteiger partial charge in [-0.05, 0) is 17.7 Å². The summed E-state index contributed by atoms with van der Waals surface area (Å²) in [6.45, 7) is 1.49. The normalized spacial score (nSPS) is 19.8. The fourth-order valence-corrected chi connectivity index (χ4v) is 1.98. The van der Waals surface area contributed by atoms with E-state index in [1.807, 2.05) is 0 Å². The number of methoxy groups -OCH3 is 1. The summed E-state index contributed by atoms with van der Waals surface area (Å²) in [6, 6.07) is 6.58. The Kier molecular flexibility index (Phi) is 3.62. The van der Waals surface area contributed by atoms with Gasteiger partial charge in [0, 0.05) is 20.1 Å². The van der Waals surface area contributed by atoms with E-state index in [-0.39, 0.29) is 17.9 Å². The van der Waals surface area contributed by atoms with Crippen LogP contribution in [0.4, 0.5) is 0 Å². The highest BCUT2D eigenvalue weighted by atomic mass is 16.5. The summed E-state index contributed by atoms with van der Waals surface area (Å²) >= 11 is 0. The van der Waals surface area contributed by atoms with Crippen LogP contribution in [0.1, 0.15) is 22.0 Å². The Morgan fingerprint density at radius 1 is 1.39 bits per heavy atom. The smallest absolute Gasteiger partial charge is 0.337 e. The third-order valence-electron chi connectivity index (χ3n) is 3.08. The molecule has 0 spiro atoms. The van der Waals surface area contributed by atoms with Gasteiger partial charge < -0.3 is 15.0 Å². The SMILES string of the molecule is COC(=O)c1ccc(C2NCCN(C)C2=O)cc1. The standard InChI is InChI=1S/C13H16N2O3/c1-15-8-7-14-11(12(15)16)9-3-5-10(6-4-9)13(17)18-2/h3-6,11,14H,7-8H2,1-2H3. The van der Waals surface area contributed by atoms with Crippen LogP contribution in [0.25, 0.3) is 0 Å². The number of rotatable bonds is 2. The van der Waals surface area contributed by atoms with Gasteiger partial charge in [-0.3, -0.25) is 4.79 Å². The number of hydrogen-bond donors (Lipinski definition) is 1.